The lowest BCUT2D eigenvalue weighted by Crippen LogP contribution is -2.42. The molecule has 1 atom stereocenters. The second-order valence-corrected chi connectivity index (χ2v) is 9.52. The second kappa shape index (κ2) is 9.41. The van der Waals surface area contributed by atoms with E-state index in [9.17, 15) is 9.59 Å². The number of nitrogens with zero attached hydrogens (tertiary/aromatic N) is 4. The van der Waals surface area contributed by atoms with Crippen LogP contribution < -0.4 is 4.90 Å². The van der Waals surface area contributed by atoms with E-state index in [0.29, 0.717) is 37.3 Å². The van der Waals surface area contributed by atoms with Gasteiger partial charge in [-0.25, -0.2) is 0 Å². The standard InChI is InChI=1S/C27H30N4O3/c1-18-8-9-23(14-19(18)2)31-17-22(16-25(31)32)27(33)30-12-10-20(11-13-30)15-24-28-26(29-34-24)21-6-4-3-5-7-21/h3-9,14,20,22H,10-13,15-17H2,1-2H3/t22-/m0/s1. The van der Waals surface area contributed by atoms with E-state index in [1.54, 1.807) is 4.90 Å². The van der Waals surface area contributed by atoms with Crippen LogP contribution in [0, 0.1) is 25.7 Å². The smallest absolute Gasteiger partial charge is 0.228 e. The number of likely N-dealkylation sites (tertiary alicyclic amines) is 1. The number of carbonyl (C=O) groups is 2. The van der Waals surface area contributed by atoms with Crippen LogP contribution in [0.15, 0.2) is 53.1 Å². The minimum Gasteiger partial charge on any atom is -0.342 e. The Balaban J connectivity index is 1.14. The zero-order valence-electron chi connectivity index (χ0n) is 19.7. The van der Waals surface area contributed by atoms with E-state index < -0.39 is 0 Å². The first-order valence-corrected chi connectivity index (χ1v) is 12.0. The molecule has 0 saturated carbocycles. The number of hydrogen-bond donors (Lipinski definition) is 0. The van der Waals surface area contributed by atoms with Gasteiger partial charge < -0.3 is 14.3 Å². The van der Waals surface area contributed by atoms with Gasteiger partial charge in [0, 0.05) is 43.7 Å². The van der Waals surface area contributed by atoms with Gasteiger partial charge in [0.05, 0.1) is 5.92 Å². The fraction of sp³-hybridized carbons (Fsp3) is 0.407. The average Bonchev–Trinajstić information content (AvgIpc) is 3.48. The number of benzene rings is 2. The highest BCUT2D eigenvalue weighted by atomic mass is 16.5. The van der Waals surface area contributed by atoms with Crippen LogP contribution >= 0.6 is 0 Å². The maximum absolute atomic E-state index is 13.2. The molecule has 3 heterocycles. The van der Waals surface area contributed by atoms with E-state index in [1.165, 1.54) is 5.56 Å². The van der Waals surface area contributed by atoms with Crippen LogP contribution in [-0.2, 0) is 16.0 Å². The van der Waals surface area contributed by atoms with Gasteiger partial charge in [0.2, 0.25) is 23.5 Å². The van der Waals surface area contributed by atoms with Crippen molar-refractivity contribution in [2.24, 2.45) is 11.8 Å². The fourth-order valence-electron chi connectivity index (χ4n) is 4.92. The summed E-state index contributed by atoms with van der Waals surface area (Å²) in [6, 6.07) is 15.8. The molecule has 5 rings (SSSR count). The Hall–Kier alpha value is -3.48. The normalized spacial score (nSPS) is 19.1. The van der Waals surface area contributed by atoms with Gasteiger partial charge in [-0.15, -0.1) is 0 Å². The molecule has 2 saturated heterocycles. The van der Waals surface area contributed by atoms with Crippen LogP contribution in [0.2, 0.25) is 0 Å². The van der Waals surface area contributed by atoms with Gasteiger partial charge >= 0.3 is 0 Å². The summed E-state index contributed by atoms with van der Waals surface area (Å²) in [7, 11) is 0. The highest BCUT2D eigenvalue weighted by Gasteiger charge is 2.38. The van der Waals surface area contributed by atoms with E-state index in [-0.39, 0.29) is 24.2 Å². The molecular weight excluding hydrogens is 428 g/mol. The van der Waals surface area contributed by atoms with Gasteiger partial charge in [-0.1, -0.05) is 41.6 Å². The molecule has 2 aromatic carbocycles. The zero-order valence-corrected chi connectivity index (χ0v) is 19.7. The molecule has 2 aliphatic heterocycles. The predicted molar refractivity (Wildman–Crippen MR) is 129 cm³/mol. The number of piperidine rings is 1. The number of hydrogen-bond acceptors (Lipinski definition) is 5. The molecule has 0 radical (unpaired) electrons. The summed E-state index contributed by atoms with van der Waals surface area (Å²) in [5, 5.41) is 4.11. The van der Waals surface area contributed by atoms with E-state index >= 15 is 0 Å². The van der Waals surface area contributed by atoms with E-state index in [0.717, 1.165) is 36.1 Å². The first-order chi connectivity index (χ1) is 16.5. The second-order valence-electron chi connectivity index (χ2n) is 9.52. The Labute approximate surface area is 199 Å². The molecule has 176 valence electrons. The van der Waals surface area contributed by atoms with Crippen molar-refractivity contribution in [1.82, 2.24) is 15.0 Å². The Kier molecular flexibility index (Phi) is 6.18. The summed E-state index contributed by atoms with van der Waals surface area (Å²) in [5.41, 5.74) is 4.18. The van der Waals surface area contributed by atoms with E-state index in [1.807, 2.05) is 60.4 Å². The molecule has 7 nitrogen and oxygen atoms in total. The van der Waals surface area contributed by atoms with Gasteiger partial charge in [0.15, 0.2) is 0 Å². The maximum Gasteiger partial charge on any atom is 0.228 e. The lowest BCUT2D eigenvalue weighted by molar-refractivity contribution is -0.137. The average molecular weight is 459 g/mol. The van der Waals surface area contributed by atoms with Gasteiger partial charge in [-0.3, -0.25) is 9.59 Å². The van der Waals surface area contributed by atoms with E-state index in [2.05, 4.69) is 17.1 Å². The molecule has 0 bridgehead atoms. The zero-order chi connectivity index (χ0) is 23.7. The third kappa shape index (κ3) is 4.60. The van der Waals surface area contributed by atoms with Crippen molar-refractivity contribution in [2.75, 3.05) is 24.5 Å². The lowest BCUT2D eigenvalue weighted by Gasteiger charge is -2.33. The van der Waals surface area contributed by atoms with Crippen LogP contribution in [0.25, 0.3) is 11.4 Å². The minimum absolute atomic E-state index is 0.0297. The van der Waals surface area contributed by atoms with Gasteiger partial charge in [0.25, 0.3) is 0 Å². The summed E-state index contributed by atoms with van der Waals surface area (Å²) in [6.07, 6.45) is 2.81. The summed E-state index contributed by atoms with van der Waals surface area (Å²) in [5.74, 6) is 1.53. The maximum atomic E-state index is 13.2. The molecule has 7 heteroatoms. The Morgan fingerprint density at radius 3 is 2.56 bits per heavy atom. The molecule has 2 amide bonds. The first-order valence-electron chi connectivity index (χ1n) is 12.0. The summed E-state index contributed by atoms with van der Waals surface area (Å²) in [6.45, 7) is 5.98. The number of aromatic nitrogens is 2. The van der Waals surface area contributed by atoms with Crippen molar-refractivity contribution in [3.8, 4) is 11.4 Å². The van der Waals surface area contributed by atoms with Gasteiger partial charge in [-0.05, 0) is 55.9 Å². The monoisotopic (exact) mass is 458 g/mol. The quantitative estimate of drug-likeness (QED) is 0.573. The van der Waals surface area contributed by atoms with Crippen LogP contribution in [0.4, 0.5) is 5.69 Å². The van der Waals surface area contributed by atoms with Crippen LogP contribution in [0.3, 0.4) is 0 Å². The number of aryl methyl sites for hydroxylation is 2. The predicted octanol–water partition coefficient (Wildman–Crippen LogP) is 4.19. The number of anilines is 1. The van der Waals surface area contributed by atoms with Gasteiger partial charge in [0.1, 0.15) is 0 Å². The molecule has 2 fully saturated rings. The minimum atomic E-state index is -0.268. The van der Waals surface area contributed by atoms with Crippen molar-refractivity contribution in [1.29, 1.82) is 0 Å². The first kappa shape index (κ1) is 22.3. The highest BCUT2D eigenvalue weighted by molar-refractivity contribution is 6.00. The lowest BCUT2D eigenvalue weighted by atomic mass is 9.92. The molecule has 1 aromatic heterocycles. The molecule has 0 unspecified atom stereocenters. The molecule has 2 aliphatic rings. The van der Waals surface area contributed by atoms with Crippen molar-refractivity contribution in [3.63, 3.8) is 0 Å². The fourth-order valence-corrected chi connectivity index (χ4v) is 4.92. The topological polar surface area (TPSA) is 79.5 Å². The SMILES string of the molecule is Cc1ccc(N2C[C@@H](C(=O)N3CCC(Cc4nc(-c5ccccc5)no4)CC3)CC2=O)cc1C. The molecule has 0 spiro atoms. The summed E-state index contributed by atoms with van der Waals surface area (Å²) >= 11 is 0. The summed E-state index contributed by atoms with van der Waals surface area (Å²) < 4.78 is 5.47. The van der Waals surface area contributed by atoms with E-state index in [4.69, 9.17) is 4.52 Å². The van der Waals surface area contributed by atoms with Crippen molar-refractivity contribution >= 4 is 17.5 Å². The van der Waals surface area contributed by atoms with Crippen molar-refractivity contribution in [2.45, 2.75) is 39.5 Å². The molecule has 0 N–H and O–H groups in total. The largest absolute Gasteiger partial charge is 0.342 e. The highest BCUT2D eigenvalue weighted by Crippen LogP contribution is 2.30. The van der Waals surface area contributed by atoms with Crippen LogP contribution in [0.1, 0.15) is 36.3 Å². The molecule has 34 heavy (non-hydrogen) atoms. The Bertz CT molecular complexity index is 1180. The van der Waals surface area contributed by atoms with Crippen molar-refractivity contribution in [3.05, 3.63) is 65.5 Å². The third-order valence-electron chi connectivity index (χ3n) is 7.17. The van der Waals surface area contributed by atoms with Crippen LogP contribution in [0.5, 0.6) is 0 Å². The number of amides is 2. The van der Waals surface area contributed by atoms with Gasteiger partial charge in [-0.2, -0.15) is 4.98 Å². The molecule has 3 aromatic rings. The summed E-state index contributed by atoms with van der Waals surface area (Å²) in [4.78, 5) is 34.1. The molecule has 0 aliphatic carbocycles. The number of carbonyl (C=O) groups excluding carboxylic acids is 2. The van der Waals surface area contributed by atoms with Crippen molar-refractivity contribution < 1.29 is 14.1 Å². The third-order valence-corrected chi connectivity index (χ3v) is 7.17. The number of rotatable bonds is 5. The van der Waals surface area contributed by atoms with Crippen LogP contribution in [-0.4, -0.2) is 46.5 Å². The Morgan fingerprint density at radius 1 is 1.06 bits per heavy atom. The molecular formula is C27H30N4O3. The Morgan fingerprint density at radius 2 is 1.82 bits per heavy atom.